The van der Waals surface area contributed by atoms with Crippen LogP contribution in [-0.4, -0.2) is 13.3 Å². The largest absolute Gasteiger partial charge is 0.349 e. The van der Waals surface area contributed by atoms with Crippen molar-refractivity contribution in [3.63, 3.8) is 0 Å². The fourth-order valence-electron chi connectivity index (χ4n) is 2.24. The van der Waals surface area contributed by atoms with Crippen LogP contribution in [0.2, 0.25) is 0 Å². The van der Waals surface area contributed by atoms with Gasteiger partial charge in [0.2, 0.25) is 0 Å². The minimum absolute atomic E-state index is 0.0890. The Hall–Kier alpha value is -2.09. The van der Waals surface area contributed by atoms with E-state index in [1.165, 1.54) is 16.8 Å². The molecule has 0 aromatic heterocycles. The fourth-order valence-corrected chi connectivity index (χ4v) is 2.24. The van der Waals surface area contributed by atoms with Gasteiger partial charge in [-0.15, -0.1) is 0 Å². The summed E-state index contributed by atoms with van der Waals surface area (Å²) < 4.78 is 0. The van der Waals surface area contributed by atoms with Crippen LogP contribution >= 0.6 is 0 Å². The van der Waals surface area contributed by atoms with Crippen molar-refractivity contribution in [1.82, 2.24) is 0 Å². The van der Waals surface area contributed by atoms with Gasteiger partial charge >= 0.3 is 0 Å². The number of hydrogen-bond acceptors (Lipinski definition) is 2. The van der Waals surface area contributed by atoms with E-state index in [2.05, 4.69) is 59.4 Å². The molecule has 1 atom stereocenters. The van der Waals surface area contributed by atoms with E-state index < -0.39 is 0 Å². The zero-order chi connectivity index (χ0) is 11.7. The fraction of sp³-hybridized carbons (Fsp3) is 0.133. The molecule has 0 saturated carbocycles. The molecule has 0 bridgehead atoms. The van der Waals surface area contributed by atoms with E-state index in [0.717, 1.165) is 0 Å². The summed E-state index contributed by atoms with van der Waals surface area (Å²) in [5.41, 5.74) is 3.64. The Kier molecular flexibility index (Phi) is 2.41. The van der Waals surface area contributed by atoms with Gasteiger partial charge in [-0.2, -0.15) is 0 Å². The molecule has 2 aromatic carbocycles. The lowest BCUT2D eigenvalue weighted by atomic mass is 10.1. The molecule has 0 spiro atoms. The van der Waals surface area contributed by atoms with E-state index in [4.69, 9.17) is 0 Å². The van der Waals surface area contributed by atoms with Crippen molar-refractivity contribution in [3.8, 4) is 0 Å². The Labute approximate surface area is 101 Å². The first-order valence-corrected chi connectivity index (χ1v) is 5.76. The Morgan fingerprint density at radius 3 is 2.47 bits per heavy atom. The first-order chi connectivity index (χ1) is 8.36. The number of para-hydroxylation sites is 1. The molecule has 2 heteroatoms. The molecular weight excluding hydrogens is 208 g/mol. The highest BCUT2D eigenvalue weighted by Gasteiger charge is 2.20. The van der Waals surface area contributed by atoms with Gasteiger partial charge in [-0.1, -0.05) is 48.5 Å². The van der Waals surface area contributed by atoms with Crippen LogP contribution in [0, 0.1) is 0 Å². The van der Waals surface area contributed by atoms with Crippen LogP contribution in [-0.2, 0) is 0 Å². The molecule has 0 N–H and O–H groups in total. The van der Waals surface area contributed by atoms with Crippen molar-refractivity contribution in [3.05, 3.63) is 65.7 Å². The number of hydrogen-bond donors (Lipinski definition) is 0. The maximum absolute atomic E-state index is 4.62. The van der Waals surface area contributed by atoms with Crippen molar-refractivity contribution >= 4 is 11.9 Å². The van der Waals surface area contributed by atoms with Crippen molar-refractivity contribution < 1.29 is 0 Å². The molecule has 1 aliphatic heterocycles. The summed E-state index contributed by atoms with van der Waals surface area (Å²) in [6.45, 7) is 0. The predicted molar refractivity (Wildman–Crippen MR) is 71.6 cm³/mol. The van der Waals surface area contributed by atoms with Crippen molar-refractivity contribution in [2.24, 2.45) is 4.99 Å². The minimum Gasteiger partial charge on any atom is -0.349 e. The minimum atomic E-state index is 0.0890. The number of aliphatic imine (C=N–C) groups is 1. The van der Waals surface area contributed by atoms with E-state index >= 15 is 0 Å². The third kappa shape index (κ3) is 1.72. The summed E-state index contributed by atoms with van der Waals surface area (Å²) in [5.74, 6) is 0. The lowest BCUT2D eigenvalue weighted by Gasteiger charge is -2.31. The number of anilines is 1. The summed E-state index contributed by atoms with van der Waals surface area (Å²) in [5, 5.41) is 0. The summed E-state index contributed by atoms with van der Waals surface area (Å²) >= 11 is 0. The number of fused-ring (bicyclic) bond motifs is 1. The van der Waals surface area contributed by atoms with Crippen LogP contribution in [0.3, 0.4) is 0 Å². The third-order valence-corrected chi connectivity index (χ3v) is 3.14. The second-order valence-corrected chi connectivity index (χ2v) is 4.23. The molecule has 3 rings (SSSR count). The lowest BCUT2D eigenvalue weighted by Crippen LogP contribution is -2.26. The van der Waals surface area contributed by atoms with Gasteiger partial charge < -0.3 is 4.90 Å². The van der Waals surface area contributed by atoms with Crippen molar-refractivity contribution in [2.75, 3.05) is 11.9 Å². The van der Waals surface area contributed by atoms with Gasteiger partial charge in [-0.25, -0.2) is 0 Å². The SMILES string of the molecule is CN1c2ccccc2C=NC1c1ccccc1. The Morgan fingerprint density at radius 1 is 0.941 bits per heavy atom. The van der Waals surface area contributed by atoms with Gasteiger partial charge in [0, 0.05) is 24.5 Å². The normalized spacial score (nSPS) is 17.9. The van der Waals surface area contributed by atoms with Gasteiger partial charge in [0.05, 0.1) is 0 Å². The second kappa shape index (κ2) is 4.06. The molecule has 1 heterocycles. The zero-order valence-corrected chi connectivity index (χ0v) is 9.75. The first kappa shape index (κ1) is 10.1. The van der Waals surface area contributed by atoms with E-state index in [1.807, 2.05) is 18.3 Å². The van der Waals surface area contributed by atoms with Crippen LogP contribution in [0.5, 0.6) is 0 Å². The summed E-state index contributed by atoms with van der Waals surface area (Å²) in [6.07, 6.45) is 2.05. The van der Waals surface area contributed by atoms with Crippen LogP contribution in [0.25, 0.3) is 0 Å². The van der Waals surface area contributed by atoms with E-state index in [1.54, 1.807) is 0 Å². The number of nitrogens with zero attached hydrogens (tertiary/aromatic N) is 2. The molecule has 1 unspecified atom stereocenters. The standard InChI is InChI=1S/C15H14N2/c1-17-14-10-6-5-9-13(14)11-16-15(17)12-7-3-2-4-8-12/h2-11,15H,1H3. The average molecular weight is 222 g/mol. The van der Waals surface area contributed by atoms with E-state index in [0.29, 0.717) is 0 Å². The Balaban J connectivity index is 2.03. The molecule has 0 amide bonds. The van der Waals surface area contributed by atoms with Gasteiger partial charge in [0.25, 0.3) is 0 Å². The van der Waals surface area contributed by atoms with Gasteiger partial charge in [0.15, 0.2) is 0 Å². The molecule has 0 aliphatic carbocycles. The summed E-state index contributed by atoms with van der Waals surface area (Å²) in [4.78, 5) is 6.84. The zero-order valence-electron chi connectivity index (χ0n) is 9.75. The van der Waals surface area contributed by atoms with Crippen molar-refractivity contribution in [1.29, 1.82) is 0 Å². The monoisotopic (exact) mass is 222 g/mol. The quantitative estimate of drug-likeness (QED) is 0.723. The maximum atomic E-state index is 4.62. The Bertz CT molecular complexity index is 546. The molecule has 0 fully saturated rings. The molecule has 2 aromatic rings. The molecule has 2 nitrogen and oxygen atoms in total. The third-order valence-electron chi connectivity index (χ3n) is 3.14. The second-order valence-electron chi connectivity index (χ2n) is 4.23. The maximum Gasteiger partial charge on any atom is 0.146 e. The average Bonchev–Trinajstić information content (AvgIpc) is 2.40. The van der Waals surface area contributed by atoms with Crippen LogP contribution < -0.4 is 4.90 Å². The van der Waals surface area contributed by atoms with E-state index in [-0.39, 0.29) is 6.17 Å². The van der Waals surface area contributed by atoms with Gasteiger partial charge in [-0.05, 0) is 11.6 Å². The lowest BCUT2D eigenvalue weighted by molar-refractivity contribution is 0.702. The molecule has 0 saturated heterocycles. The number of rotatable bonds is 1. The van der Waals surface area contributed by atoms with Crippen LogP contribution in [0.15, 0.2) is 59.6 Å². The molecule has 0 radical (unpaired) electrons. The van der Waals surface area contributed by atoms with Crippen molar-refractivity contribution in [2.45, 2.75) is 6.17 Å². The summed E-state index contributed by atoms with van der Waals surface area (Å²) in [7, 11) is 2.09. The van der Waals surface area contributed by atoms with Crippen LogP contribution in [0.1, 0.15) is 17.3 Å². The van der Waals surface area contributed by atoms with E-state index in [9.17, 15) is 0 Å². The summed E-state index contributed by atoms with van der Waals surface area (Å²) in [6, 6.07) is 18.7. The highest BCUT2D eigenvalue weighted by molar-refractivity contribution is 5.90. The molecule has 84 valence electrons. The molecule has 1 aliphatic rings. The van der Waals surface area contributed by atoms with Gasteiger partial charge in [0.1, 0.15) is 6.17 Å². The molecular formula is C15H14N2. The predicted octanol–water partition coefficient (Wildman–Crippen LogP) is 3.25. The smallest absolute Gasteiger partial charge is 0.146 e. The highest BCUT2D eigenvalue weighted by atomic mass is 15.2. The van der Waals surface area contributed by atoms with Crippen LogP contribution in [0.4, 0.5) is 5.69 Å². The highest BCUT2D eigenvalue weighted by Crippen LogP contribution is 2.31. The topological polar surface area (TPSA) is 15.6 Å². The Morgan fingerprint density at radius 2 is 1.65 bits per heavy atom. The first-order valence-electron chi connectivity index (χ1n) is 5.76. The van der Waals surface area contributed by atoms with Gasteiger partial charge in [-0.3, -0.25) is 4.99 Å². The molecule has 17 heavy (non-hydrogen) atoms. The number of benzene rings is 2.